The number of oxime groups is 1. The van der Waals surface area contributed by atoms with E-state index in [1.165, 1.54) is 6.92 Å². The fraction of sp³-hybridized carbons (Fsp3) is 0.200. The smallest absolute Gasteiger partial charge is 0.182 e. The monoisotopic (exact) mass is 177 g/mol. The van der Waals surface area contributed by atoms with E-state index in [4.69, 9.17) is 5.21 Å². The van der Waals surface area contributed by atoms with Crippen molar-refractivity contribution in [2.24, 2.45) is 5.16 Å². The summed E-state index contributed by atoms with van der Waals surface area (Å²) in [5, 5.41) is 11.6. The summed E-state index contributed by atoms with van der Waals surface area (Å²) in [4.78, 5) is 11.0. The minimum atomic E-state index is -0.239. The third kappa shape index (κ3) is 1.93. The molecule has 13 heavy (non-hydrogen) atoms. The second kappa shape index (κ2) is 3.85. The second-order valence-corrected chi connectivity index (χ2v) is 2.82. The largest absolute Gasteiger partial charge is 0.410 e. The van der Waals surface area contributed by atoms with Crippen LogP contribution in [0.3, 0.4) is 0 Å². The first-order chi connectivity index (χ1) is 6.16. The lowest BCUT2D eigenvalue weighted by atomic mass is 10.0. The zero-order valence-corrected chi connectivity index (χ0v) is 7.61. The van der Waals surface area contributed by atoms with Crippen LogP contribution in [0.25, 0.3) is 0 Å². The highest BCUT2D eigenvalue weighted by Crippen LogP contribution is 2.08. The number of carbonyl (C=O) groups excluding carboxylic acids is 1. The van der Waals surface area contributed by atoms with Crippen LogP contribution in [-0.4, -0.2) is 16.7 Å². The van der Waals surface area contributed by atoms with Gasteiger partial charge in [0.15, 0.2) is 11.5 Å². The summed E-state index contributed by atoms with van der Waals surface area (Å²) in [6.45, 7) is 3.24. The lowest BCUT2D eigenvalue weighted by Gasteiger charge is -2.03. The zero-order chi connectivity index (χ0) is 9.84. The highest BCUT2D eigenvalue weighted by molar-refractivity contribution is 6.45. The molecule has 1 aromatic carbocycles. The minimum absolute atomic E-state index is 0.109. The van der Waals surface area contributed by atoms with Crippen molar-refractivity contribution in [2.45, 2.75) is 13.8 Å². The van der Waals surface area contributed by atoms with Crippen LogP contribution in [0.15, 0.2) is 29.4 Å². The summed E-state index contributed by atoms with van der Waals surface area (Å²) in [5.74, 6) is -0.239. The van der Waals surface area contributed by atoms with Gasteiger partial charge in [0.2, 0.25) is 0 Å². The molecule has 0 saturated carbocycles. The molecule has 0 bridgehead atoms. The standard InChI is InChI=1S/C10H11NO2/c1-7-5-3-4-6-9(7)10(11-13)8(2)12/h3-6,13H,1-2H3/b11-10+. The molecule has 0 heterocycles. The highest BCUT2D eigenvalue weighted by Gasteiger charge is 2.11. The predicted octanol–water partition coefficient (Wildman–Crippen LogP) is 1.76. The molecule has 1 N–H and O–H groups in total. The lowest BCUT2D eigenvalue weighted by Crippen LogP contribution is -2.12. The molecule has 0 aromatic heterocycles. The number of nitrogens with zero attached hydrogens (tertiary/aromatic N) is 1. The molecule has 0 aliphatic carbocycles. The molecule has 1 rings (SSSR count). The number of hydrogen-bond acceptors (Lipinski definition) is 3. The predicted molar refractivity (Wildman–Crippen MR) is 50.2 cm³/mol. The van der Waals surface area contributed by atoms with Crippen LogP contribution in [0.2, 0.25) is 0 Å². The molecule has 0 radical (unpaired) electrons. The van der Waals surface area contributed by atoms with Gasteiger partial charge in [-0.25, -0.2) is 0 Å². The van der Waals surface area contributed by atoms with Gasteiger partial charge in [-0.15, -0.1) is 0 Å². The average Bonchev–Trinajstić information content (AvgIpc) is 2.09. The van der Waals surface area contributed by atoms with Gasteiger partial charge >= 0.3 is 0 Å². The van der Waals surface area contributed by atoms with Crippen molar-refractivity contribution in [2.75, 3.05) is 0 Å². The summed E-state index contributed by atoms with van der Waals surface area (Å²) >= 11 is 0. The molecular formula is C10H11NO2. The first-order valence-corrected chi connectivity index (χ1v) is 3.96. The summed E-state index contributed by atoms with van der Waals surface area (Å²) in [5.41, 5.74) is 1.71. The third-order valence-corrected chi connectivity index (χ3v) is 1.83. The minimum Gasteiger partial charge on any atom is -0.410 e. The quantitative estimate of drug-likeness (QED) is 0.425. The summed E-state index contributed by atoms with van der Waals surface area (Å²) in [6, 6.07) is 7.29. The molecule has 3 nitrogen and oxygen atoms in total. The maximum absolute atomic E-state index is 11.0. The van der Waals surface area contributed by atoms with Gasteiger partial charge in [0.1, 0.15) is 0 Å². The fourth-order valence-electron chi connectivity index (χ4n) is 1.15. The summed E-state index contributed by atoms with van der Waals surface area (Å²) < 4.78 is 0. The third-order valence-electron chi connectivity index (χ3n) is 1.83. The Morgan fingerprint density at radius 2 is 2.00 bits per heavy atom. The number of rotatable bonds is 2. The van der Waals surface area contributed by atoms with Gasteiger partial charge in [-0.05, 0) is 12.5 Å². The molecule has 0 aliphatic heterocycles. The van der Waals surface area contributed by atoms with Crippen LogP contribution in [0.1, 0.15) is 18.1 Å². The van der Waals surface area contributed by atoms with Crippen LogP contribution in [0.4, 0.5) is 0 Å². The van der Waals surface area contributed by atoms with Gasteiger partial charge in [0.05, 0.1) is 0 Å². The molecule has 0 spiro atoms. The van der Waals surface area contributed by atoms with Crippen molar-refractivity contribution in [3.63, 3.8) is 0 Å². The second-order valence-electron chi connectivity index (χ2n) is 2.82. The highest BCUT2D eigenvalue weighted by atomic mass is 16.4. The Morgan fingerprint density at radius 1 is 1.38 bits per heavy atom. The summed E-state index contributed by atoms with van der Waals surface area (Å²) in [7, 11) is 0. The van der Waals surface area contributed by atoms with E-state index in [9.17, 15) is 4.79 Å². The van der Waals surface area contributed by atoms with E-state index in [1.807, 2.05) is 19.1 Å². The topological polar surface area (TPSA) is 49.7 Å². The van der Waals surface area contributed by atoms with Gasteiger partial charge in [0.25, 0.3) is 0 Å². The van der Waals surface area contributed by atoms with E-state index in [2.05, 4.69) is 5.16 Å². The molecule has 0 amide bonds. The first-order valence-electron chi connectivity index (χ1n) is 3.96. The maximum atomic E-state index is 11.0. The van der Waals surface area contributed by atoms with Crippen molar-refractivity contribution in [1.29, 1.82) is 0 Å². The Bertz CT molecular complexity index is 356. The number of benzene rings is 1. The van der Waals surface area contributed by atoms with Crippen LogP contribution < -0.4 is 0 Å². The number of ketones is 1. The van der Waals surface area contributed by atoms with E-state index in [-0.39, 0.29) is 11.5 Å². The van der Waals surface area contributed by atoms with Crippen LogP contribution in [0.5, 0.6) is 0 Å². The Labute approximate surface area is 76.7 Å². The SMILES string of the molecule is CC(=O)/C(=N\O)c1ccccc1C. The molecule has 0 saturated heterocycles. The maximum Gasteiger partial charge on any atom is 0.182 e. The number of Topliss-reactive ketones (excluding diaryl/α,β-unsaturated/α-hetero) is 1. The molecule has 0 fully saturated rings. The first kappa shape index (κ1) is 9.45. The van der Waals surface area contributed by atoms with Crippen LogP contribution >= 0.6 is 0 Å². The number of hydrogen-bond donors (Lipinski definition) is 1. The normalized spacial score (nSPS) is 11.4. The van der Waals surface area contributed by atoms with Gasteiger partial charge in [-0.3, -0.25) is 4.79 Å². The average molecular weight is 177 g/mol. The van der Waals surface area contributed by atoms with E-state index >= 15 is 0 Å². The van der Waals surface area contributed by atoms with Crippen LogP contribution in [-0.2, 0) is 4.79 Å². The van der Waals surface area contributed by atoms with Crippen molar-refractivity contribution in [1.82, 2.24) is 0 Å². The Balaban J connectivity index is 3.21. The van der Waals surface area contributed by atoms with Crippen LogP contribution in [0, 0.1) is 6.92 Å². The van der Waals surface area contributed by atoms with E-state index in [0.717, 1.165) is 5.56 Å². The molecule has 68 valence electrons. The van der Waals surface area contributed by atoms with Crippen molar-refractivity contribution >= 4 is 11.5 Å². The molecule has 0 aliphatic rings. The molecular weight excluding hydrogens is 166 g/mol. The van der Waals surface area contributed by atoms with Gasteiger partial charge in [-0.1, -0.05) is 29.4 Å². The van der Waals surface area contributed by atoms with E-state index < -0.39 is 0 Å². The fourth-order valence-corrected chi connectivity index (χ4v) is 1.15. The Morgan fingerprint density at radius 3 is 2.46 bits per heavy atom. The zero-order valence-electron chi connectivity index (χ0n) is 7.61. The molecule has 1 aromatic rings. The molecule has 3 heteroatoms. The number of carbonyl (C=O) groups is 1. The Hall–Kier alpha value is -1.64. The molecule has 0 atom stereocenters. The Kier molecular flexibility index (Phi) is 2.80. The van der Waals surface area contributed by atoms with Gasteiger partial charge in [-0.2, -0.15) is 0 Å². The van der Waals surface area contributed by atoms with Gasteiger partial charge in [0, 0.05) is 12.5 Å². The van der Waals surface area contributed by atoms with E-state index in [1.54, 1.807) is 12.1 Å². The van der Waals surface area contributed by atoms with Crippen molar-refractivity contribution < 1.29 is 10.0 Å². The van der Waals surface area contributed by atoms with E-state index in [0.29, 0.717) is 5.56 Å². The van der Waals surface area contributed by atoms with Crippen molar-refractivity contribution in [3.05, 3.63) is 35.4 Å². The lowest BCUT2D eigenvalue weighted by molar-refractivity contribution is -0.111. The van der Waals surface area contributed by atoms with Gasteiger partial charge < -0.3 is 5.21 Å². The summed E-state index contributed by atoms with van der Waals surface area (Å²) in [6.07, 6.45) is 0. The number of aryl methyl sites for hydroxylation is 1. The van der Waals surface area contributed by atoms with Crippen molar-refractivity contribution in [3.8, 4) is 0 Å². The molecule has 0 unspecified atom stereocenters.